The summed E-state index contributed by atoms with van der Waals surface area (Å²) in [6.07, 6.45) is 1.60. The van der Waals surface area contributed by atoms with E-state index in [9.17, 15) is 0 Å². The maximum atomic E-state index is 4.28. The minimum absolute atomic E-state index is 0.313. The second kappa shape index (κ2) is 6.73. The van der Waals surface area contributed by atoms with E-state index in [4.69, 9.17) is 0 Å². The maximum Gasteiger partial charge on any atom is 0.186 e. The van der Waals surface area contributed by atoms with Gasteiger partial charge in [-0.15, -0.1) is 0 Å². The first-order chi connectivity index (χ1) is 9.22. The van der Waals surface area contributed by atoms with Crippen LogP contribution in [0.15, 0.2) is 41.8 Å². The van der Waals surface area contributed by atoms with Crippen LogP contribution in [0.3, 0.4) is 0 Å². The number of hydrogen-bond acceptors (Lipinski definition) is 4. The van der Waals surface area contributed by atoms with E-state index in [1.54, 1.807) is 18.1 Å². The molecular formula is C14H20N4S. The molecule has 0 amide bonds. The quantitative estimate of drug-likeness (QED) is 0.824. The molecule has 0 aliphatic carbocycles. The topological polar surface area (TPSA) is 42.7 Å². The van der Waals surface area contributed by atoms with Gasteiger partial charge >= 0.3 is 0 Å². The third-order valence-electron chi connectivity index (χ3n) is 3.01. The third kappa shape index (κ3) is 3.58. The molecular weight excluding hydrogens is 256 g/mol. The zero-order valence-corrected chi connectivity index (χ0v) is 12.4. The van der Waals surface area contributed by atoms with Gasteiger partial charge in [0.2, 0.25) is 0 Å². The van der Waals surface area contributed by atoms with Gasteiger partial charge in [-0.25, -0.2) is 9.67 Å². The zero-order chi connectivity index (χ0) is 13.7. The molecule has 1 heterocycles. The lowest BCUT2D eigenvalue weighted by atomic mass is 10.0. The van der Waals surface area contributed by atoms with Crippen LogP contribution in [-0.4, -0.2) is 26.6 Å². The van der Waals surface area contributed by atoms with Crippen molar-refractivity contribution >= 4 is 11.8 Å². The van der Waals surface area contributed by atoms with Crippen molar-refractivity contribution in [1.82, 2.24) is 20.1 Å². The van der Waals surface area contributed by atoms with Gasteiger partial charge in [0.15, 0.2) is 5.16 Å². The van der Waals surface area contributed by atoms with E-state index in [-0.39, 0.29) is 0 Å². The van der Waals surface area contributed by atoms with Crippen LogP contribution in [0.25, 0.3) is 0 Å². The van der Waals surface area contributed by atoms with Gasteiger partial charge in [-0.2, -0.15) is 5.10 Å². The lowest BCUT2D eigenvalue weighted by Gasteiger charge is -2.24. The lowest BCUT2D eigenvalue weighted by molar-refractivity contribution is 0.545. The Morgan fingerprint density at radius 2 is 2.05 bits per heavy atom. The van der Waals surface area contributed by atoms with Gasteiger partial charge in [0.05, 0.1) is 0 Å². The fraction of sp³-hybridized carbons (Fsp3) is 0.429. The molecule has 0 spiro atoms. The normalized spacial score (nSPS) is 14.3. The molecule has 0 saturated carbocycles. The van der Waals surface area contributed by atoms with Crippen LogP contribution in [0.4, 0.5) is 0 Å². The molecule has 5 heteroatoms. The standard InChI is InChI=1S/C14H20N4S/c1-4-15-13(12-8-6-5-7-9-12)11(2)19-14-16-10-17-18(14)3/h5-11,13,15H,4H2,1-3H3. The molecule has 2 unspecified atom stereocenters. The first-order valence-corrected chi connectivity index (χ1v) is 7.39. The van der Waals surface area contributed by atoms with Crippen LogP contribution in [0.5, 0.6) is 0 Å². The number of aryl methyl sites for hydroxylation is 1. The Hall–Kier alpha value is -1.33. The fourth-order valence-corrected chi connectivity index (χ4v) is 3.09. The molecule has 2 aromatic rings. The maximum absolute atomic E-state index is 4.28. The van der Waals surface area contributed by atoms with Crippen LogP contribution >= 0.6 is 11.8 Å². The summed E-state index contributed by atoms with van der Waals surface area (Å²) in [5, 5.41) is 8.99. The first-order valence-electron chi connectivity index (χ1n) is 6.51. The van der Waals surface area contributed by atoms with Crippen LogP contribution in [0, 0.1) is 0 Å². The Morgan fingerprint density at radius 3 is 2.63 bits per heavy atom. The molecule has 102 valence electrons. The van der Waals surface area contributed by atoms with Crippen molar-refractivity contribution in [2.24, 2.45) is 7.05 Å². The summed E-state index contributed by atoms with van der Waals surface area (Å²) in [4.78, 5) is 4.28. The predicted octanol–water partition coefficient (Wildman–Crippen LogP) is 2.65. The van der Waals surface area contributed by atoms with Crippen molar-refractivity contribution in [2.75, 3.05) is 6.54 Å². The molecule has 0 radical (unpaired) electrons. The summed E-state index contributed by atoms with van der Waals surface area (Å²) in [5.41, 5.74) is 1.31. The first kappa shape index (κ1) is 14.1. The molecule has 0 aliphatic heterocycles. The predicted molar refractivity (Wildman–Crippen MR) is 79.2 cm³/mol. The highest BCUT2D eigenvalue weighted by Gasteiger charge is 2.20. The molecule has 4 nitrogen and oxygen atoms in total. The smallest absolute Gasteiger partial charge is 0.186 e. The zero-order valence-electron chi connectivity index (χ0n) is 11.6. The van der Waals surface area contributed by atoms with Gasteiger partial charge in [0.25, 0.3) is 0 Å². The van der Waals surface area contributed by atoms with Crippen LogP contribution in [0.2, 0.25) is 0 Å². The molecule has 0 saturated heterocycles. The molecule has 19 heavy (non-hydrogen) atoms. The Bertz CT molecular complexity index is 497. The van der Waals surface area contributed by atoms with Crippen molar-refractivity contribution in [3.05, 3.63) is 42.2 Å². The van der Waals surface area contributed by atoms with Gasteiger partial charge in [-0.3, -0.25) is 0 Å². The summed E-state index contributed by atoms with van der Waals surface area (Å²) >= 11 is 1.75. The minimum Gasteiger partial charge on any atom is -0.309 e. The number of nitrogens with zero attached hydrogens (tertiary/aromatic N) is 3. The Labute approximate surface area is 118 Å². The molecule has 2 atom stereocenters. The summed E-state index contributed by atoms with van der Waals surface area (Å²) in [7, 11) is 1.92. The number of aromatic nitrogens is 3. The Balaban J connectivity index is 2.13. The van der Waals surface area contributed by atoms with Gasteiger partial charge in [-0.1, -0.05) is 55.9 Å². The molecule has 0 aliphatic rings. The number of thioether (sulfide) groups is 1. The second-order valence-electron chi connectivity index (χ2n) is 4.44. The number of nitrogens with one attached hydrogen (secondary N) is 1. The van der Waals surface area contributed by atoms with Crippen molar-refractivity contribution in [3.8, 4) is 0 Å². The van der Waals surface area contributed by atoms with Crippen LogP contribution in [-0.2, 0) is 7.05 Å². The van der Waals surface area contributed by atoms with E-state index in [0.29, 0.717) is 11.3 Å². The molecule has 1 aromatic heterocycles. The van der Waals surface area contributed by atoms with Gasteiger partial charge in [0, 0.05) is 18.3 Å². The SMILES string of the molecule is CCNC(c1ccccc1)C(C)Sc1ncnn1C. The van der Waals surface area contributed by atoms with E-state index < -0.39 is 0 Å². The van der Waals surface area contributed by atoms with Crippen LogP contribution in [0.1, 0.15) is 25.5 Å². The molecule has 1 aromatic carbocycles. The highest BCUT2D eigenvalue weighted by Crippen LogP contribution is 2.30. The summed E-state index contributed by atoms with van der Waals surface area (Å²) in [6.45, 7) is 5.30. The number of benzene rings is 1. The van der Waals surface area contributed by atoms with Crippen molar-refractivity contribution in [3.63, 3.8) is 0 Å². The van der Waals surface area contributed by atoms with E-state index >= 15 is 0 Å². The highest BCUT2D eigenvalue weighted by atomic mass is 32.2. The summed E-state index contributed by atoms with van der Waals surface area (Å²) < 4.78 is 1.81. The van der Waals surface area contributed by atoms with Crippen molar-refractivity contribution in [1.29, 1.82) is 0 Å². The molecule has 0 bridgehead atoms. The summed E-state index contributed by atoms with van der Waals surface area (Å²) in [5.74, 6) is 0. The summed E-state index contributed by atoms with van der Waals surface area (Å²) in [6, 6.07) is 10.9. The Morgan fingerprint density at radius 1 is 1.32 bits per heavy atom. The number of hydrogen-bond donors (Lipinski definition) is 1. The van der Waals surface area contributed by atoms with Crippen LogP contribution < -0.4 is 5.32 Å². The van der Waals surface area contributed by atoms with E-state index in [2.05, 4.69) is 53.5 Å². The molecule has 1 N–H and O–H groups in total. The average Bonchev–Trinajstić information content (AvgIpc) is 2.82. The van der Waals surface area contributed by atoms with E-state index in [1.165, 1.54) is 5.56 Å². The van der Waals surface area contributed by atoms with Crippen molar-refractivity contribution < 1.29 is 0 Å². The van der Waals surface area contributed by atoms with Gasteiger partial charge in [-0.05, 0) is 12.1 Å². The largest absolute Gasteiger partial charge is 0.309 e. The highest BCUT2D eigenvalue weighted by molar-refractivity contribution is 7.99. The monoisotopic (exact) mass is 276 g/mol. The second-order valence-corrected chi connectivity index (χ2v) is 5.78. The lowest BCUT2D eigenvalue weighted by Crippen LogP contribution is -2.28. The van der Waals surface area contributed by atoms with Crippen molar-refractivity contribution in [2.45, 2.75) is 30.3 Å². The molecule has 2 rings (SSSR count). The number of rotatable bonds is 6. The average molecular weight is 276 g/mol. The Kier molecular flexibility index (Phi) is 4.99. The fourth-order valence-electron chi connectivity index (χ4n) is 2.06. The van der Waals surface area contributed by atoms with Gasteiger partial charge < -0.3 is 5.32 Å². The van der Waals surface area contributed by atoms with E-state index in [1.807, 2.05) is 17.8 Å². The minimum atomic E-state index is 0.313. The van der Waals surface area contributed by atoms with Gasteiger partial charge in [0.1, 0.15) is 6.33 Å². The van der Waals surface area contributed by atoms with E-state index in [0.717, 1.165) is 11.7 Å². The molecule has 0 fully saturated rings. The third-order valence-corrected chi connectivity index (χ3v) is 4.24.